The third kappa shape index (κ3) is 5.13. The predicted octanol–water partition coefficient (Wildman–Crippen LogP) is 3.49. The monoisotopic (exact) mass is 429 g/mol. The number of nitrogens with zero attached hydrogens (tertiary/aromatic N) is 3. The van der Waals surface area contributed by atoms with Crippen LogP contribution in [0.5, 0.6) is 0 Å². The van der Waals surface area contributed by atoms with E-state index in [1.54, 1.807) is 10.7 Å². The van der Waals surface area contributed by atoms with Crippen molar-refractivity contribution in [1.82, 2.24) is 25.3 Å². The van der Waals surface area contributed by atoms with Gasteiger partial charge in [0.25, 0.3) is 11.8 Å². The standard InChI is InChI=1S/C24H39N5O2/c1-24(16-25-18-11-7-3-4-8-12-18)17-29-21(23(31)28(24)2)15-20(27-29)22(30)26-19-13-9-5-6-10-14-19/h15,18-19,25H,3-14,16-17H2,1-2H3,(H,26,30). The molecule has 1 aromatic rings. The van der Waals surface area contributed by atoms with Gasteiger partial charge in [0.1, 0.15) is 5.69 Å². The summed E-state index contributed by atoms with van der Waals surface area (Å²) in [7, 11) is 1.87. The molecule has 2 saturated carbocycles. The molecule has 0 aromatic carbocycles. The summed E-state index contributed by atoms with van der Waals surface area (Å²) >= 11 is 0. The van der Waals surface area contributed by atoms with Gasteiger partial charge in [0.05, 0.1) is 12.1 Å². The number of hydrogen-bond donors (Lipinski definition) is 2. The molecule has 2 N–H and O–H groups in total. The Bertz CT molecular complexity index is 775. The van der Waals surface area contributed by atoms with Gasteiger partial charge in [0.15, 0.2) is 5.69 Å². The van der Waals surface area contributed by atoms with Crippen LogP contribution in [0.1, 0.15) is 105 Å². The third-order valence-corrected chi connectivity index (χ3v) is 7.65. The molecular formula is C24H39N5O2. The van der Waals surface area contributed by atoms with Gasteiger partial charge >= 0.3 is 0 Å². The van der Waals surface area contributed by atoms with Crippen LogP contribution in [0, 0.1) is 0 Å². The van der Waals surface area contributed by atoms with E-state index in [1.807, 2.05) is 11.9 Å². The molecule has 1 aromatic heterocycles. The second-order valence-corrected chi connectivity index (χ2v) is 10.2. The molecular weight excluding hydrogens is 390 g/mol. The quantitative estimate of drug-likeness (QED) is 0.702. The number of fused-ring (bicyclic) bond motifs is 1. The number of carbonyl (C=O) groups is 2. The Morgan fingerprint density at radius 1 is 1.03 bits per heavy atom. The number of likely N-dealkylation sites (N-methyl/N-ethyl adjacent to an activating group) is 1. The highest BCUT2D eigenvalue weighted by molar-refractivity contribution is 5.98. The number of hydrogen-bond acceptors (Lipinski definition) is 4. The van der Waals surface area contributed by atoms with Crippen molar-refractivity contribution in [3.63, 3.8) is 0 Å². The molecule has 7 nitrogen and oxygen atoms in total. The van der Waals surface area contributed by atoms with Gasteiger partial charge in [0.2, 0.25) is 0 Å². The van der Waals surface area contributed by atoms with Crippen molar-refractivity contribution in [3.05, 3.63) is 17.5 Å². The van der Waals surface area contributed by atoms with E-state index in [-0.39, 0.29) is 23.4 Å². The van der Waals surface area contributed by atoms with Crippen LogP contribution in [0.2, 0.25) is 0 Å². The number of aromatic nitrogens is 2. The fourth-order valence-electron chi connectivity index (χ4n) is 5.37. The minimum absolute atomic E-state index is 0.0579. The zero-order valence-corrected chi connectivity index (χ0v) is 19.3. The van der Waals surface area contributed by atoms with Gasteiger partial charge in [-0.1, -0.05) is 51.4 Å². The zero-order valence-electron chi connectivity index (χ0n) is 19.3. The molecule has 1 unspecified atom stereocenters. The summed E-state index contributed by atoms with van der Waals surface area (Å²) in [5, 5.41) is 11.4. The van der Waals surface area contributed by atoms with E-state index < -0.39 is 0 Å². The van der Waals surface area contributed by atoms with Gasteiger partial charge in [-0.3, -0.25) is 14.3 Å². The summed E-state index contributed by atoms with van der Waals surface area (Å²) < 4.78 is 1.75. The molecule has 0 radical (unpaired) electrons. The van der Waals surface area contributed by atoms with Crippen LogP contribution in [0.4, 0.5) is 0 Å². The van der Waals surface area contributed by atoms with Gasteiger partial charge in [0, 0.05) is 31.7 Å². The molecule has 2 heterocycles. The lowest BCUT2D eigenvalue weighted by Crippen LogP contribution is -2.60. The molecule has 0 saturated heterocycles. The van der Waals surface area contributed by atoms with E-state index in [0.717, 1.165) is 19.4 Å². The molecule has 172 valence electrons. The second kappa shape index (κ2) is 9.72. The first-order valence-corrected chi connectivity index (χ1v) is 12.4. The number of nitrogens with one attached hydrogen (secondary N) is 2. The fourth-order valence-corrected chi connectivity index (χ4v) is 5.37. The van der Waals surface area contributed by atoms with Gasteiger partial charge in [-0.05, 0) is 32.6 Å². The smallest absolute Gasteiger partial charge is 0.272 e. The number of rotatable bonds is 5. The maximum atomic E-state index is 13.1. The van der Waals surface area contributed by atoms with E-state index in [9.17, 15) is 9.59 Å². The van der Waals surface area contributed by atoms with Crippen molar-refractivity contribution in [2.24, 2.45) is 0 Å². The molecule has 4 rings (SSSR count). The summed E-state index contributed by atoms with van der Waals surface area (Å²) in [6.45, 7) is 3.45. The average molecular weight is 430 g/mol. The first-order chi connectivity index (χ1) is 15.0. The Kier molecular flexibility index (Phi) is 6.99. The van der Waals surface area contributed by atoms with E-state index in [0.29, 0.717) is 24.0 Å². The van der Waals surface area contributed by atoms with Crippen molar-refractivity contribution in [2.45, 2.75) is 108 Å². The van der Waals surface area contributed by atoms with Gasteiger partial charge < -0.3 is 15.5 Å². The molecule has 7 heteroatoms. The molecule has 1 aliphatic heterocycles. The number of carbonyl (C=O) groups excluding carboxylic acids is 2. The first kappa shape index (κ1) is 22.3. The normalized spacial score (nSPS) is 26.3. The first-order valence-electron chi connectivity index (χ1n) is 12.4. The molecule has 2 amide bonds. The minimum Gasteiger partial charge on any atom is -0.348 e. The Balaban J connectivity index is 1.43. The van der Waals surface area contributed by atoms with Crippen molar-refractivity contribution in [1.29, 1.82) is 0 Å². The Hall–Kier alpha value is -1.89. The molecule has 0 spiro atoms. The van der Waals surface area contributed by atoms with Crippen LogP contribution in [0.3, 0.4) is 0 Å². The molecule has 2 aliphatic carbocycles. The van der Waals surface area contributed by atoms with Crippen LogP contribution in [-0.4, -0.2) is 57.7 Å². The van der Waals surface area contributed by atoms with E-state index >= 15 is 0 Å². The lowest BCUT2D eigenvalue weighted by Gasteiger charge is -2.43. The van der Waals surface area contributed by atoms with E-state index in [1.165, 1.54) is 64.2 Å². The molecule has 0 bridgehead atoms. The highest BCUT2D eigenvalue weighted by atomic mass is 16.2. The summed E-state index contributed by atoms with van der Waals surface area (Å²) in [6.07, 6.45) is 14.6. The summed E-state index contributed by atoms with van der Waals surface area (Å²) in [4.78, 5) is 27.8. The lowest BCUT2D eigenvalue weighted by atomic mass is 9.96. The van der Waals surface area contributed by atoms with Crippen molar-refractivity contribution < 1.29 is 9.59 Å². The van der Waals surface area contributed by atoms with Crippen LogP contribution in [0.25, 0.3) is 0 Å². The van der Waals surface area contributed by atoms with Crippen molar-refractivity contribution in [3.8, 4) is 0 Å². The van der Waals surface area contributed by atoms with E-state index in [4.69, 9.17) is 0 Å². The highest BCUT2D eigenvalue weighted by Crippen LogP contribution is 2.26. The molecule has 2 fully saturated rings. The van der Waals surface area contributed by atoms with Crippen LogP contribution >= 0.6 is 0 Å². The molecule has 1 atom stereocenters. The van der Waals surface area contributed by atoms with Gasteiger partial charge in [-0.25, -0.2) is 0 Å². The fraction of sp³-hybridized carbons (Fsp3) is 0.792. The maximum Gasteiger partial charge on any atom is 0.272 e. The Labute approximate surface area is 186 Å². The summed E-state index contributed by atoms with van der Waals surface area (Å²) in [5.74, 6) is -0.208. The van der Waals surface area contributed by atoms with Crippen LogP contribution in [-0.2, 0) is 6.54 Å². The largest absolute Gasteiger partial charge is 0.348 e. The molecule has 31 heavy (non-hydrogen) atoms. The van der Waals surface area contributed by atoms with Gasteiger partial charge in [-0.2, -0.15) is 5.10 Å². The lowest BCUT2D eigenvalue weighted by molar-refractivity contribution is 0.0433. The van der Waals surface area contributed by atoms with Crippen LogP contribution < -0.4 is 10.6 Å². The van der Waals surface area contributed by atoms with Crippen molar-refractivity contribution >= 4 is 11.8 Å². The average Bonchev–Trinajstić information content (AvgIpc) is 2.94. The van der Waals surface area contributed by atoms with Crippen molar-refractivity contribution in [2.75, 3.05) is 13.6 Å². The van der Waals surface area contributed by atoms with E-state index in [2.05, 4.69) is 22.7 Å². The zero-order chi connectivity index (χ0) is 21.8. The predicted molar refractivity (Wildman–Crippen MR) is 121 cm³/mol. The second-order valence-electron chi connectivity index (χ2n) is 10.2. The topological polar surface area (TPSA) is 79.3 Å². The maximum absolute atomic E-state index is 13.1. The minimum atomic E-state index is -0.364. The Morgan fingerprint density at radius 2 is 1.61 bits per heavy atom. The molecule has 3 aliphatic rings. The Morgan fingerprint density at radius 3 is 2.23 bits per heavy atom. The van der Waals surface area contributed by atoms with Crippen LogP contribution in [0.15, 0.2) is 6.07 Å². The van der Waals surface area contributed by atoms with Gasteiger partial charge in [-0.15, -0.1) is 0 Å². The third-order valence-electron chi connectivity index (χ3n) is 7.65. The summed E-state index contributed by atoms with van der Waals surface area (Å²) in [6, 6.07) is 2.42. The highest BCUT2D eigenvalue weighted by Gasteiger charge is 2.41. The summed E-state index contributed by atoms with van der Waals surface area (Å²) in [5.41, 5.74) is 0.514. The SMILES string of the molecule is CN1C(=O)c2cc(C(=O)NC3CCCCCC3)nn2CC1(C)CNC1CCCCCC1. The number of amides is 2.